The van der Waals surface area contributed by atoms with Crippen molar-refractivity contribution in [1.82, 2.24) is 0 Å². The molecule has 0 radical (unpaired) electrons. The predicted octanol–water partition coefficient (Wildman–Crippen LogP) is 3.54. The van der Waals surface area contributed by atoms with Crippen molar-refractivity contribution in [2.45, 2.75) is 39.5 Å². The van der Waals surface area contributed by atoms with E-state index >= 15 is 0 Å². The zero-order chi connectivity index (χ0) is 14.8. The first-order valence-electron chi connectivity index (χ1n) is 6.09. The van der Waals surface area contributed by atoms with Crippen LogP contribution in [-0.2, 0) is 4.79 Å². The van der Waals surface area contributed by atoms with Gasteiger partial charge in [-0.1, -0.05) is 20.8 Å². The molecule has 0 amide bonds. The molecule has 3 N–H and O–H groups in total. The van der Waals surface area contributed by atoms with E-state index in [2.05, 4.69) is 0 Å². The number of benzene rings is 1. The molecule has 0 bridgehead atoms. The molecule has 5 heteroatoms. The van der Waals surface area contributed by atoms with Crippen molar-refractivity contribution in [3.63, 3.8) is 0 Å². The van der Waals surface area contributed by atoms with Crippen LogP contribution in [0.15, 0.2) is 12.1 Å². The monoisotopic (exact) mass is 271 g/mol. The van der Waals surface area contributed by atoms with Gasteiger partial charge in [0.1, 0.15) is 11.6 Å². The summed E-state index contributed by atoms with van der Waals surface area (Å²) >= 11 is 0. The zero-order valence-corrected chi connectivity index (χ0v) is 11.3. The number of nitrogen functional groups attached to an aromatic ring is 1. The fraction of sp³-hybridized carbons (Fsp3) is 0.500. The molecule has 0 heterocycles. The minimum Gasteiger partial charge on any atom is -0.481 e. The van der Waals surface area contributed by atoms with Crippen LogP contribution < -0.4 is 5.73 Å². The Hall–Kier alpha value is -1.65. The summed E-state index contributed by atoms with van der Waals surface area (Å²) in [5, 5.41) is 9.23. The number of hydrogen-bond acceptors (Lipinski definition) is 2. The third-order valence-corrected chi connectivity index (χ3v) is 2.98. The molecule has 1 unspecified atom stereocenters. The van der Waals surface area contributed by atoms with Crippen LogP contribution in [0.1, 0.15) is 45.1 Å². The fourth-order valence-electron chi connectivity index (χ4n) is 1.88. The van der Waals surface area contributed by atoms with Gasteiger partial charge in [0, 0.05) is 6.07 Å². The van der Waals surface area contributed by atoms with Crippen LogP contribution in [0.4, 0.5) is 14.5 Å². The Labute approximate surface area is 111 Å². The normalized spacial score (nSPS) is 13.3. The highest BCUT2D eigenvalue weighted by molar-refractivity contribution is 5.78. The van der Waals surface area contributed by atoms with Gasteiger partial charge in [0.25, 0.3) is 0 Å². The molecule has 0 aliphatic rings. The first-order valence-corrected chi connectivity index (χ1v) is 6.09. The van der Waals surface area contributed by atoms with Gasteiger partial charge in [-0.25, -0.2) is 8.78 Å². The van der Waals surface area contributed by atoms with Gasteiger partial charge in [0.05, 0.1) is 11.6 Å². The van der Waals surface area contributed by atoms with Crippen molar-refractivity contribution in [2.24, 2.45) is 5.41 Å². The van der Waals surface area contributed by atoms with Crippen molar-refractivity contribution in [2.75, 3.05) is 5.73 Å². The Balaban J connectivity index is 3.10. The lowest BCUT2D eigenvalue weighted by atomic mass is 9.84. The topological polar surface area (TPSA) is 63.3 Å². The van der Waals surface area contributed by atoms with Crippen LogP contribution in [0.5, 0.6) is 0 Å². The summed E-state index contributed by atoms with van der Waals surface area (Å²) < 4.78 is 26.6. The van der Waals surface area contributed by atoms with Crippen molar-refractivity contribution < 1.29 is 18.7 Å². The first-order chi connectivity index (χ1) is 8.61. The lowest BCUT2D eigenvalue weighted by Crippen LogP contribution is -2.17. The quantitative estimate of drug-likeness (QED) is 0.823. The van der Waals surface area contributed by atoms with E-state index in [1.807, 2.05) is 20.8 Å². The number of carboxylic acids is 1. The van der Waals surface area contributed by atoms with E-state index in [1.165, 1.54) is 0 Å². The Kier molecular flexibility index (Phi) is 4.50. The number of anilines is 1. The fourth-order valence-corrected chi connectivity index (χ4v) is 1.88. The maximum Gasteiger partial charge on any atom is 0.311 e. The number of carbonyl (C=O) groups is 1. The summed E-state index contributed by atoms with van der Waals surface area (Å²) in [5.41, 5.74) is 5.18. The van der Waals surface area contributed by atoms with Crippen LogP contribution in [0.2, 0.25) is 0 Å². The van der Waals surface area contributed by atoms with Crippen LogP contribution in [0, 0.1) is 17.0 Å². The van der Waals surface area contributed by atoms with E-state index in [9.17, 15) is 18.7 Å². The van der Waals surface area contributed by atoms with Gasteiger partial charge in [0.15, 0.2) is 0 Å². The Morgan fingerprint density at radius 1 is 1.37 bits per heavy atom. The molecule has 0 aromatic heterocycles. The second-order valence-electron chi connectivity index (χ2n) is 5.88. The van der Waals surface area contributed by atoms with Gasteiger partial charge >= 0.3 is 5.97 Å². The minimum absolute atomic E-state index is 0.00856. The molecule has 0 aliphatic heterocycles. The first kappa shape index (κ1) is 15.4. The molecule has 1 atom stereocenters. The number of aliphatic carboxylic acids is 1. The number of carboxylic acid groups (broad SMARTS) is 1. The highest BCUT2D eigenvalue weighted by atomic mass is 19.1. The minimum atomic E-state index is -1.12. The Morgan fingerprint density at radius 3 is 2.42 bits per heavy atom. The largest absolute Gasteiger partial charge is 0.481 e. The van der Waals surface area contributed by atoms with Crippen LogP contribution in [0.3, 0.4) is 0 Å². The maximum absolute atomic E-state index is 13.4. The molecule has 1 aromatic rings. The van der Waals surface area contributed by atoms with Crippen molar-refractivity contribution in [3.8, 4) is 0 Å². The van der Waals surface area contributed by atoms with E-state index in [-0.39, 0.29) is 23.1 Å². The highest BCUT2D eigenvalue weighted by Gasteiger charge is 2.26. The molecule has 106 valence electrons. The van der Waals surface area contributed by atoms with Crippen molar-refractivity contribution in [3.05, 3.63) is 29.3 Å². The third-order valence-electron chi connectivity index (χ3n) is 2.98. The molecular weight excluding hydrogens is 252 g/mol. The van der Waals surface area contributed by atoms with Crippen LogP contribution >= 0.6 is 0 Å². The smallest absolute Gasteiger partial charge is 0.311 e. The summed E-state index contributed by atoms with van der Waals surface area (Å²) in [7, 11) is 0. The second-order valence-corrected chi connectivity index (χ2v) is 5.88. The third kappa shape index (κ3) is 4.19. The summed E-state index contributed by atoms with van der Waals surface area (Å²) in [6.45, 7) is 5.92. The second kappa shape index (κ2) is 5.55. The highest BCUT2D eigenvalue weighted by Crippen LogP contribution is 2.33. The van der Waals surface area contributed by atoms with E-state index in [1.54, 1.807) is 0 Å². The lowest BCUT2D eigenvalue weighted by molar-refractivity contribution is -0.139. The molecule has 19 heavy (non-hydrogen) atoms. The average Bonchev–Trinajstić information content (AvgIpc) is 2.22. The molecule has 0 spiro atoms. The van der Waals surface area contributed by atoms with E-state index in [0.717, 1.165) is 6.07 Å². The Morgan fingerprint density at radius 2 is 1.95 bits per heavy atom. The summed E-state index contributed by atoms with van der Waals surface area (Å²) in [4.78, 5) is 11.3. The SMILES string of the molecule is CC(C)(C)CCC(C(=O)O)c1cc(F)cc(F)c1N. The molecule has 1 rings (SSSR count). The van der Waals surface area contributed by atoms with Crippen LogP contribution in [0.25, 0.3) is 0 Å². The molecule has 0 saturated heterocycles. The van der Waals surface area contributed by atoms with Gasteiger partial charge in [-0.3, -0.25) is 4.79 Å². The molecule has 0 aliphatic carbocycles. The molecule has 0 fully saturated rings. The predicted molar refractivity (Wildman–Crippen MR) is 69.8 cm³/mol. The van der Waals surface area contributed by atoms with Crippen LogP contribution in [-0.4, -0.2) is 11.1 Å². The summed E-state index contributed by atoms with van der Waals surface area (Å²) in [5.74, 6) is -3.86. The zero-order valence-electron chi connectivity index (χ0n) is 11.3. The van der Waals surface area contributed by atoms with Crippen molar-refractivity contribution in [1.29, 1.82) is 0 Å². The van der Waals surface area contributed by atoms with E-state index in [4.69, 9.17) is 5.73 Å². The number of halogens is 2. The molecule has 1 aromatic carbocycles. The number of nitrogens with two attached hydrogens (primary N) is 1. The molecule has 0 saturated carbocycles. The standard InChI is InChI=1S/C14H19F2NO2/c1-14(2,3)5-4-9(13(18)19)10-6-8(15)7-11(16)12(10)17/h6-7,9H,4-5,17H2,1-3H3,(H,18,19). The summed E-state index contributed by atoms with van der Waals surface area (Å²) in [6.07, 6.45) is 0.896. The number of hydrogen-bond donors (Lipinski definition) is 2. The van der Waals surface area contributed by atoms with Crippen molar-refractivity contribution >= 4 is 11.7 Å². The van der Waals surface area contributed by atoms with Gasteiger partial charge in [-0.05, 0) is 29.9 Å². The van der Waals surface area contributed by atoms with E-state index < -0.39 is 23.5 Å². The molecular formula is C14H19F2NO2. The summed E-state index contributed by atoms with van der Waals surface area (Å²) in [6, 6.07) is 1.65. The van der Waals surface area contributed by atoms with E-state index in [0.29, 0.717) is 12.5 Å². The molecule has 3 nitrogen and oxygen atoms in total. The van der Waals surface area contributed by atoms with Gasteiger partial charge in [0.2, 0.25) is 0 Å². The van der Waals surface area contributed by atoms with Gasteiger partial charge in [-0.15, -0.1) is 0 Å². The average molecular weight is 271 g/mol. The van der Waals surface area contributed by atoms with Gasteiger partial charge in [-0.2, -0.15) is 0 Å². The Bertz CT molecular complexity index is 481. The maximum atomic E-state index is 13.4. The number of rotatable bonds is 4. The lowest BCUT2D eigenvalue weighted by Gasteiger charge is -2.22. The van der Waals surface area contributed by atoms with Gasteiger partial charge < -0.3 is 10.8 Å².